The number of halogens is 1. The van der Waals surface area contributed by atoms with Crippen molar-refractivity contribution in [2.24, 2.45) is 0 Å². The van der Waals surface area contributed by atoms with Gasteiger partial charge in [0.25, 0.3) is 0 Å². The number of imidazole rings is 1. The first-order valence-corrected chi connectivity index (χ1v) is 8.33. The fraction of sp³-hybridized carbons (Fsp3) is 0.316. The van der Waals surface area contributed by atoms with E-state index in [1.165, 1.54) is 11.1 Å². The Morgan fingerprint density at radius 2 is 1.88 bits per heavy atom. The zero-order chi connectivity index (χ0) is 17.1. The summed E-state index contributed by atoms with van der Waals surface area (Å²) < 4.78 is 7.57. The molecule has 1 atom stereocenters. The van der Waals surface area contributed by atoms with Crippen molar-refractivity contribution in [2.75, 3.05) is 6.61 Å². The van der Waals surface area contributed by atoms with Gasteiger partial charge in [-0.3, -0.25) is 0 Å². The molecule has 2 aromatic carbocycles. The van der Waals surface area contributed by atoms with Gasteiger partial charge in [0.1, 0.15) is 0 Å². The van der Waals surface area contributed by atoms with Crippen LogP contribution in [0.5, 0.6) is 0 Å². The lowest BCUT2D eigenvalue weighted by Gasteiger charge is -2.13. The van der Waals surface area contributed by atoms with Crippen molar-refractivity contribution in [2.45, 2.75) is 33.1 Å². The molecule has 0 radical (unpaired) electrons. The predicted molar refractivity (Wildman–Crippen MR) is 96.3 cm³/mol. The van der Waals surface area contributed by atoms with Crippen LogP contribution in [0.25, 0.3) is 11.0 Å². The number of aryl methyl sites for hydroxylation is 2. The molecule has 1 heterocycles. The lowest BCUT2D eigenvalue weighted by Crippen LogP contribution is -2.21. The van der Waals surface area contributed by atoms with E-state index >= 15 is 0 Å². The number of benzene rings is 2. The average Bonchev–Trinajstić information content (AvgIpc) is 2.92. The van der Waals surface area contributed by atoms with Gasteiger partial charge < -0.3 is 14.4 Å². The summed E-state index contributed by atoms with van der Waals surface area (Å²) in [5, 5.41) is 10.9. The summed E-state index contributed by atoms with van der Waals surface area (Å²) in [5.74, 6) is 0. The van der Waals surface area contributed by atoms with Crippen LogP contribution in [0.4, 0.5) is 0 Å². The molecular weight excluding hydrogens is 324 g/mol. The Balaban J connectivity index is 1.57. The van der Waals surface area contributed by atoms with Crippen LogP contribution in [0.1, 0.15) is 16.7 Å². The highest BCUT2D eigenvalue weighted by atomic mass is 35.5. The van der Waals surface area contributed by atoms with Crippen molar-refractivity contribution in [1.29, 1.82) is 0 Å². The molecule has 0 aliphatic carbocycles. The van der Waals surface area contributed by atoms with E-state index in [0.29, 0.717) is 18.2 Å². The van der Waals surface area contributed by atoms with E-state index in [9.17, 15) is 5.11 Å². The third-order valence-corrected chi connectivity index (χ3v) is 4.39. The lowest BCUT2D eigenvalue weighted by atomic mass is 10.1. The van der Waals surface area contributed by atoms with Gasteiger partial charge in [-0.2, -0.15) is 0 Å². The molecule has 0 aliphatic rings. The van der Waals surface area contributed by atoms with Gasteiger partial charge in [-0.1, -0.05) is 23.7 Å². The van der Waals surface area contributed by atoms with Crippen molar-refractivity contribution < 1.29 is 9.84 Å². The molecule has 0 spiro atoms. The van der Waals surface area contributed by atoms with Crippen molar-refractivity contribution >= 4 is 22.6 Å². The fourth-order valence-corrected chi connectivity index (χ4v) is 2.76. The average molecular weight is 345 g/mol. The molecule has 0 saturated carbocycles. The molecule has 0 saturated heterocycles. The second-order valence-corrected chi connectivity index (χ2v) is 6.55. The monoisotopic (exact) mass is 344 g/mol. The Morgan fingerprint density at radius 3 is 2.62 bits per heavy atom. The molecule has 4 nitrogen and oxygen atoms in total. The van der Waals surface area contributed by atoms with Gasteiger partial charge in [0.2, 0.25) is 0 Å². The van der Waals surface area contributed by atoms with Crippen LogP contribution >= 0.6 is 11.6 Å². The number of fused-ring (bicyclic) bond motifs is 1. The molecule has 0 aliphatic heterocycles. The van der Waals surface area contributed by atoms with Crippen LogP contribution in [0.15, 0.2) is 42.7 Å². The van der Waals surface area contributed by atoms with E-state index in [-0.39, 0.29) is 6.61 Å². The molecule has 1 unspecified atom stereocenters. The molecule has 1 N–H and O–H groups in total. The van der Waals surface area contributed by atoms with E-state index in [1.807, 2.05) is 28.8 Å². The molecular formula is C19H21ClN2O2. The number of hydrogen-bond donors (Lipinski definition) is 1. The van der Waals surface area contributed by atoms with E-state index in [1.54, 1.807) is 6.33 Å². The number of rotatable bonds is 6. The maximum absolute atomic E-state index is 10.2. The Bertz CT molecular complexity index is 827. The van der Waals surface area contributed by atoms with Gasteiger partial charge in [-0.15, -0.1) is 0 Å². The number of aromatic nitrogens is 2. The van der Waals surface area contributed by atoms with E-state index < -0.39 is 6.10 Å². The highest BCUT2D eigenvalue weighted by Crippen LogP contribution is 2.18. The molecule has 0 fully saturated rings. The summed E-state index contributed by atoms with van der Waals surface area (Å²) in [7, 11) is 0. The Morgan fingerprint density at radius 1 is 1.17 bits per heavy atom. The Kier molecular flexibility index (Phi) is 5.19. The highest BCUT2D eigenvalue weighted by molar-refractivity contribution is 6.30. The lowest BCUT2D eigenvalue weighted by molar-refractivity contribution is 0.0209. The Labute approximate surface area is 146 Å². The summed E-state index contributed by atoms with van der Waals surface area (Å²) in [4.78, 5) is 4.41. The van der Waals surface area contributed by atoms with E-state index in [2.05, 4.69) is 31.0 Å². The Hall–Kier alpha value is -1.88. The SMILES string of the molecule is Cc1cc2ncn(CC(O)COCc3ccc(Cl)cc3)c2cc1C. The number of aliphatic hydroxyl groups excluding tert-OH is 1. The minimum atomic E-state index is -0.587. The molecule has 3 rings (SSSR count). The van der Waals surface area contributed by atoms with Crippen LogP contribution in [0.2, 0.25) is 5.02 Å². The van der Waals surface area contributed by atoms with Crippen LogP contribution in [0, 0.1) is 13.8 Å². The van der Waals surface area contributed by atoms with Gasteiger partial charge in [-0.05, 0) is 54.8 Å². The summed E-state index contributed by atoms with van der Waals surface area (Å²) in [5.41, 5.74) is 5.46. The van der Waals surface area contributed by atoms with Gasteiger partial charge in [0.05, 0.1) is 43.2 Å². The van der Waals surface area contributed by atoms with Crippen molar-refractivity contribution in [1.82, 2.24) is 9.55 Å². The molecule has 0 amide bonds. The molecule has 0 bridgehead atoms. The zero-order valence-electron chi connectivity index (χ0n) is 13.9. The van der Waals surface area contributed by atoms with Gasteiger partial charge in [0.15, 0.2) is 0 Å². The van der Waals surface area contributed by atoms with E-state index in [0.717, 1.165) is 16.6 Å². The number of nitrogens with zero attached hydrogens (tertiary/aromatic N) is 2. The topological polar surface area (TPSA) is 47.3 Å². The minimum absolute atomic E-state index is 0.271. The standard InChI is InChI=1S/C19H21ClN2O2/c1-13-7-18-19(8-14(13)2)22(12-21-18)9-17(23)11-24-10-15-3-5-16(20)6-4-15/h3-8,12,17,23H,9-11H2,1-2H3. The molecule has 126 valence electrons. The minimum Gasteiger partial charge on any atom is -0.389 e. The molecule has 1 aromatic heterocycles. The second kappa shape index (κ2) is 7.34. The highest BCUT2D eigenvalue weighted by Gasteiger charge is 2.10. The normalized spacial score (nSPS) is 12.7. The van der Waals surface area contributed by atoms with E-state index in [4.69, 9.17) is 16.3 Å². The third-order valence-electron chi connectivity index (χ3n) is 4.14. The van der Waals surface area contributed by atoms with Crippen LogP contribution in [-0.4, -0.2) is 27.4 Å². The molecule has 24 heavy (non-hydrogen) atoms. The maximum Gasteiger partial charge on any atom is 0.0959 e. The van der Waals surface area contributed by atoms with Crippen LogP contribution < -0.4 is 0 Å². The van der Waals surface area contributed by atoms with Gasteiger partial charge in [-0.25, -0.2) is 4.98 Å². The molecule has 5 heteroatoms. The molecule has 3 aromatic rings. The summed E-state index contributed by atoms with van der Waals surface area (Å²) in [6, 6.07) is 11.7. The first-order chi connectivity index (χ1) is 11.5. The number of aliphatic hydroxyl groups is 1. The fourth-order valence-electron chi connectivity index (χ4n) is 2.63. The number of ether oxygens (including phenoxy) is 1. The summed E-state index contributed by atoms with van der Waals surface area (Å²) >= 11 is 5.85. The smallest absolute Gasteiger partial charge is 0.0959 e. The first kappa shape index (κ1) is 17.0. The second-order valence-electron chi connectivity index (χ2n) is 6.12. The van der Waals surface area contributed by atoms with Crippen LogP contribution in [0.3, 0.4) is 0 Å². The number of hydrogen-bond acceptors (Lipinski definition) is 3. The largest absolute Gasteiger partial charge is 0.389 e. The van der Waals surface area contributed by atoms with Crippen molar-refractivity contribution in [3.63, 3.8) is 0 Å². The quantitative estimate of drug-likeness (QED) is 0.738. The van der Waals surface area contributed by atoms with Crippen molar-refractivity contribution in [3.8, 4) is 0 Å². The predicted octanol–water partition coefficient (Wildman–Crippen LogP) is 3.88. The van der Waals surface area contributed by atoms with Crippen molar-refractivity contribution in [3.05, 3.63) is 64.4 Å². The summed E-state index contributed by atoms with van der Waals surface area (Å²) in [6.07, 6.45) is 1.18. The van der Waals surface area contributed by atoms with Crippen LogP contribution in [-0.2, 0) is 17.9 Å². The maximum atomic E-state index is 10.2. The summed E-state index contributed by atoms with van der Waals surface area (Å²) in [6.45, 7) is 5.34. The van der Waals surface area contributed by atoms with Gasteiger partial charge >= 0.3 is 0 Å². The third kappa shape index (κ3) is 3.96. The first-order valence-electron chi connectivity index (χ1n) is 7.95. The zero-order valence-corrected chi connectivity index (χ0v) is 14.6. The van der Waals surface area contributed by atoms with Gasteiger partial charge in [0, 0.05) is 5.02 Å².